The van der Waals surface area contributed by atoms with Gasteiger partial charge in [-0.25, -0.2) is 4.98 Å². The zero-order valence-electron chi connectivity index (χ0n) is 13.6. The van der Waals surface area contributed by atoms with Gasteiger partial charge < -0.3 is 19.8 Å². The van der Waals surface area contributed by atoms with Crippen molar-refractivity contribution >= 4 is 16.9 Å². The van der Waals surface area contributed by atoms with Crippen LogP contribution in [0.1, 0.15) is 16.2 Å². The van der Waals surface area contributed by atoms with E-state index in [4.69, 9.17) is 9.47 Å². The first-order valence-electron chi connectivity index (χ1n) is 7.68. The van der Waals surface area contributed by atoms with E-state index in [-0.39, 0.29) is 5.91 Å². The van der Waals surface area contributed by atoms with E-state index in [9.17, 15) is 4.79 Å². The number of para-hydroxylation sites is 1. The first-order valence-corrected chi connectivity index (χ1v) is 7.68. The summed E-state index contributed by atoms with van der Waals surface area (Å²) in [7, 11) is 1.62. The van der Waals surface area contributed by atoms with E-state index in [1.54, 1.807) is 13.2 Å². The molecule has 124 valence electrons. The van der Waals surface area contributed by atoms with Gasteiger partial charge in [-0.15, -0.1) is 0 Å². The van der Waals surface area contributed by atoms with E-state index in [1.165, 1.54) is 0 Å². The number of amides is 1. The molecule has 0 saturated carbocycles. The molecule has 0 aliphatic heterocycles. The number of H-pyrrole nitrogens is 1. The first-order chi connectivity index (χ1) is 11.7. The number of imidazole rings is 1. The third kappa shape index (κ3) is 3.48. The number of carbonyl (C=O) groups excluding carboxylic acids is 1. The Kier molecular flexibility index (Phi) is 4.65. The number of methoxy groups -OCH3 is 1. The maximum atomic E-state index is 12.3. The maximum absolute atomic E-state index is 12.3. The van der Waals surface area contributed by atoms with E-state index >= 15 is 0 Å². The number of hydrogen-bond donors (Lipinski definition) is 2. The fraction of sp³-hybridized carbons (Fsp3) is 0.222. The van der Waals surface area contributed by atoms with Crippen molar-refractivity contribution in [3.63, 3.8) is 0 Å². The van der Waals surface area contributed by atoms with E-state index in [2.05, 4.69) is 15.3 Å². The molecule has 1 aromatic heterocycles. The Hall–Kier alpha value is -3.02. The predicted molar refractivity (Wildman–Crippen MR) is 91.7 cm³/mol. The molecule has 0 saturated heterocycles. The lowest BCUT2D eigenvalue weighted by Gasteiger charge is -2.08. The Bertz CT molecular complexity index is 840. The van der Waals surface area contributed by atoms with Crippen LogP contribution in [0.2, 0.25) is 0 Å². The molecule has 2 N–H and O–H groups in total. The lowest BCUT2D eigenvalue weighted by atomic mass is 10.1. The highest BCUT2D eigenvalue weighted by Gasteiger charge is 2.12. The number of carbonyl (C=O) groups is 1. The average molecular weight is 325 g/mol. The Labute approximate surface area is 139 Å². The molecule has 1 amide bonds. The summed E-state index contributed by atoms with van der Waals surface area (Å²) in [6.45, 7) is 2.66. The van der Waals surface area contributed by atoms with Crippen LogP contribution in [0.3, 0.4) is 0 Å². The number of aromatic nitrogens is 2. The fourth-order valence-corrected chi connectivity index (χ4v) is 2.44. The minimum atomic E-state index is -0.162. The summed E-state index contributed by atoms with van der Waals surface area (Å²) in [6, 6.07) is 12.8. The van der Waals surface area contributed by atoms with Crippen LogP contribution in [0.15, 0.2) is 42.5 Å². The second-order valence-corrected chi connectivity index (χ2v) is 5.30. The largest absolute Gasteiger partial charge is 0.497 e. The monoisotopic (exact) mass is 325 g/mol. The number of aromatic amines is 1. The molecular formula is C18H19N3O3. The lowest BCUT2D eigenvalue weighted by Crippen LogP contribution is -2.28. The number of ether oxygens (including phenoxy) is 2. The van der Waals surface area contributed by atoms with Gasteiger partial charge in [-0.2, -0.15) is 0 Å². The molecule has 6 heteroatoms. The molecule has 1 heterocycles. The summed E-state index contributed by atoms with van der Waals surface area (Å²) in [5.74, 6) is 2.13. The molecule has 0 aliphatic carbocycles. The topological polar surface area (TPSA) is 76.2 Å². The highest BCUT2D eigenvalue weighted by Crippen LogP contribution is 2.17. The summed E-state index contributed by atoms with van der Waals surface area (Å²) < 4.78 is 10.7. The SMILES string of the molecule is COc1ccc(OCCNC(=O)c2cccc3[nH]c(C)nc23)cc1. The molecule has 0 atom stereocenters. The normalized spacial score (nSPS) is 10.6. The van der Waals surface area contributed by atoms with Gasteiger partial charge in [-0.05, 0) is 43.3 Å². The maximum Gasteiger partial charge on any atom is 0.253 e. The molecule has 0 spiro atoms. The number of benzene rings is 2. The molecule has 2 aromatic carbocycles. The van der Waals surface area contributed by atoms with Crippen molar-refractivity contribution in [1.82, 2.24) is 15.3 Å². The predicted octanol–water partition coefficient (Wildman–Crippen LogP) is 2.69. The van der Waals surface area contributed by atoms with Gasteiger partial charge in [0.25, 0.3) is 5.91 Å². The van der Waals surface area contributed by atoms with Gasteiger partial charge in [0.2, 0.25) is 0 Å². The number of fused-ring (bicyclic) bond motifs is 1. The Morgan fingerprint density at radius 2 is 1.92 bits per heavy atom. The van der Waals surface area contributed by atoms with Crippen molar-refractivity contribution in [1.29, 1.82) is 0 Å². The molecule has 0 aliphatic rings. The number of rotatable bonds is 6. The van der Waals surface area contributed by atoms with E-state index < -0.39 is 0 Å². The Morgan fingerprint density at radius 3 is 2.67 bits per heavy atom. The third-order valence-electron chi connectivity index (χ3n) is 3.59. The zero-order valence-corrected chi connectivity index (χ0v) is 13.6. The van der Waals surface area contributed by atoms with E-state index in [0.29, 0.717) is 24.2 Å². The van der Waals surface area contributed by atoms with Crippen molar-refractivity contribution in [3.05, 3.63) is 53.9 Å². The molecule has 0 bridgehead atoms. The van der Waals surface area contributed by atoms with Gasteiger partial charge in [-0.1, -0.05) is 6.07 Å². The molecule has 0 fully saturated rings. The van der Waals surface area contributed by atoms with Gasteiger partial charge in [0.1, 0.15) is 29.4 Å². The summed E-state index contributed by atoms with van der Waals surface area (Å²) in [5, 5.41) is 2.85. The quantitative estimate of drug-likeness (QED) is 0.683. The average Bonchev–Trinajstić information content (AvgIpc) is 2.99. The van der Waals surface area contributed by atoms with Gasteiger partial charge >= 0.3 is 0 Å². The van der Waals surface area contributed by atoms with Gasteiger partial charge in [0.15, 0.2) is 0 Å². The second kappa shape index (κ2) is 7.04. The zero-order chi connectivity index (χ0) is 16.9. The van der Waals surface area contributed by atoms with Gasteiger partial charge in [-0.3, -0.25) is 4.79 Å². The molecular weight excluding hydrogens is 306 g/mol. The molecule has 3 rings (SSSR count). The minimum absolute atomic E-state index is 0.162. The van der Waals surface area contributed by atoms with Crippen LogP contribution in [-0.2, 0) is 0 Å². The van der Waals surface area contributed by atoms with Crippen LogP contribution < -0.4 is 14.8 Å². The van der Waals surface area contributed by atoms with Crippen LogP contribution in [0.25, 0.3) is 11.0 Å². The highest BCUT2D eigenvalue weighted by atomic mass is 16.5. The number of nitrogens with one attached hydrogen (secondary N) is 2. The molecule has 0 unspecified atom stereocenters. The smallest absolute Gasteiger partial charge is 0.253 e. The van der Waals surface area contributed by atoms with Crippen LogP contribution in [0.5, 0.6) is 11.5 Å². The lowest BCUT2D eigenvalue weighted by molar-refractivity contribution is 0.0948. The summed E-state index contributed by atoms with van der Waals surface area (Å²) in [4.78, 5) is 19.8. The molecule has 0 radical (unpaired) electrons. The summed E-state index contributed by atoms with van der Waals surface area (Å²) in [6.07, 6.45) is 0. The van der Waals surface area contributed by atoms with Crippen LogP contribution in [-0.4, -0.2) is 36.1 Å². The van der Waals surface area contributed by atoms with E-state index in [0.717, 1.165) is 22.8 Å². The van der Waals surface area contributed by atoms with Crippen molar-refractivity contribution in [3.8, 4) is 11.5 Å². The molecule has 24 heavy (non-hydrogen) atoms. The summed E-state index contributed by atoms with van der Waals surface area (Å²) in [5.41, 5.74) is 2.10. The van der Waals surface area contributed by atoms with Crippen molar-refractivity contribution in [2.24, 2.45) is 0 Å². The molecule has 3 aromatic rings. The van der Waals surface area contributed by atoms with Gasteiger partial charge in [0.05, 0.1) is 24.7 Å². The van der Waals surface area contributed by atoms with Crippen LogP contribution >= 0.6 is 0 Å². The van der Waals surface area contributed by atoms with Crippen molar-refractivity contribution in [2.45, 2.75) is 6.92 Å². The standard InChI is InChI=1S/C18H19N3O3/c1-12-20-16-5-3-4-15(17(16)21-12)18(22)19-10-11-24-14-8-6-13(23-2)7-9-14/h3-9H,10-11H2,1-2H3,(H,19,22)(H,20,21). The number of nitrogens with zero attached hydrogens (tertiary/aromatic N) is 1. The fourth-order valence-electron chi connectivity index (χ4n) is 2.44. The van der Waals surface area contributed by atoms with E-state index in [1.807, 2.05) is 43.3 Å². The third-order valence-corrected chi connectivity index (χ3v) is 3.59. The van der Waals surface area contributed by atoms with Crippen LogP contribution in [0, 0.1) is 6.92 Å². The molecule has 6 nitrogen and oxygen atoms in total. The Morgan fingerprint density at radius 1 is 1.17 bits per heavy atom. The van der Waals surface area contributed by atoms with Crippen LogP contribution in [0.4, 0.5) is 0 Å². The number of hydrogen-bond acceptors (Lipinski definition) is 4. The number of aryl methyl sites for hydroxylation is 1. The first kappa shape index (κ1) is 15.9. The second-order valence-electron chi connectivity index (χ2n) is 5.30. The highest BCUT2D eigenvalue weighted by molar-refractivity contribution is 6.04. The summed E-state index contributed by atoms with van der Waals surface area (Å²) >= 11 is 0. The minimum Gasteiger partial charge on any atom is -0.497 e. The Balaban J connectivity index is 1.55. The van der Waals surface area contributed by atoms with Gasteiger partial charge in [0, 0.05) is 0 Å². The van der Waals surface area contributed by atoms with Crippen molar-refractivity contribution in [2.75, 3.05) is 20.3 Å². The van der Waals surface area contributed by atoms with Crippen molar-refractivity contribution < 1.29 is 14.3 Å².